The van der Waals surface area contributed by atoms with E-state index in [1.807, 2.05) is 12.1 Å². The van der Waals surface area contributed by atoms with Gasteiger partial charge in [-0.2, -0.15) is 0 Å². The van der Waals surface area contributed by atoms with Gasteiger partial charge >= 0.3 is 0 Å². The van der Waals surface area contributed by atoms with Gasteiger partial charge < -0.3 is 5.11 Å². The van der Waals surface area contributed by atoms with E-state index >= 15 is 0 Å². The highest BCUT2D eigenvalue weighted by Crippen LogP contribution is 2.36. The lowest BCUT2D eigenvalue weighted by atomic mass is 9.88. The minimum Gasteiger partial charge on any atom is -0.507 e. The van der Waals surface area contributed by atoms with E-state index in [2.05, 4.69) is 44.2 Å². The molecule has 0 heterocycles. The molecule has 1 heteroatoms. The molecule has 0 aliphatic carbocycles. The molecule has 1 N–H and O–H groups in total. The third-order valence-electron chi connectivity index (χ3n) is 6.03. The Hall–Kier alpha value is -1.76. The topological polar surface area (TPSA) is 20.2 Å². The molecular formula is C28H42O. The smallest absolute Gasteiger partial charge is 0.123 e. The van der Waals surface area contributed by atoms with Gasteiger partial charge in [0.2, 0.25) is 0 Å². The summed E-state index contributed by atoms with van der Waals surface area (Å²) in [5.41, 5.74) is 5.05. The lowest BCUT2D eigenvalue weighted by molar-refractivity contribution is 0.476. The predicted octanol–water partition coefficient (Wildman–Crippen LogP) is 8.87. The van der Waals surface area contributed by atoms with Crippen molar-refractivity contribution in [3.05, 3.63) is 53.6 Å². The molecule has 2 aromatic rings. The van der Waals surface area contributed by atoms with Crippen LogP contribution in [0.5, 0.6) is 5.75 Å². The van der Waals surface area contributed by atoms with Gasteiger partial charge in [0, 0.05) is 5.56 Å². The van der Waals surface area contributed by atoms with Crippen molar-refractivity contribution in [1.82, 2.24) is 0 Å². The first-order chi connectivity index (χ1) is 14.3. The van der Waals surface area contributed by atoms with Gasteiger partial charge in [-0.15, -0.1) is 0 Å². The highest BCUT2D eigenvalue weighted by molar-refractivity contribution is 5.75. The first-order valence-electron chi connectivity index (χ1n) is 12.2. The summed E-state index contributed by atoms with van der Waals surface area (Å²) >= 11 is 0. The van der Waals surface area contributed by atoms with Gasteiger partial charge in [0.25, 0.3) is 0 Å². The Morgan fingerprint density at radius 1 is 0.586 bits per heavy atom. The second-order valence-electron chi connectivity index (χ2n) is 8.50. The van der Waals surface area contributed by atoms with Crippen LogP contribution >= 0.6 is 0 Å². The van der Waals surface area contributed by atoms with Crippen molar-refractivity contribution >= 4 is 0 Å². The fourth-order valence-electron chi connectivity index (χ4n) is 4.30. The molecule has 0 atom stereocenters. The van der Waals surface area contributed by atoms with Crippen LogP contribution in [0.3, 0.4) is 0 Å². The van der Waals surface area contributed by atoms with Crippen LogP contribution in [0.25, 0.3) is 11.1 Å². The van der Waals surface area contributed by atoms with Crippen LogP contribution in [0.15, 0.2) is 42.5 Å². The van der Waals surface area contributed by atoms with Crippen molar-refractivity contribution < 1.29 is 5.11 Å². The van der Waals surface area contributed by atoms with Crippen LogP contribution in [0.1, 0.15) is 102 Å². The third-order valence-corrected chi connectivity index (χ3v) is 6.03. The number of hydrogen-bond acceptors (Lipinski definition) is 1. The van der Waals surface area contributed by atoms with E-state index < -0.39 is 0 Å². The molecule has 2 rings (SSSR count). The molecule has 0 radical (unpaired) electrons. The Balaban J connectivity index is 2.05. The number of hydrogen-bond donors (Lipinski definition) is 1. The molecule has 0 spiro atoms. The number of aryl methyl sites for hydroxylation is 1. The number of phenolic OH excluding ortho intramolecular Hbond substituents is 1. The quantitative estimate of drug-likeness (QED) is 0.299. The molecule has 0 aliphatic rings. The zero-order valence-electron chi connectivity index (χ0n) is 18.9. The summed E-state index contributed by atoms with van der Waals surface area (Å²) in [5.74, 6) is 0.433. The fraction of sp³-hybridized carbons (Fsp3) is 0.571. The summed E-state index contributed by atoms with van der Waals surface area (Å²) < 4.78 is 0. The Morgan fingerprint density at radius 3 is 1.79 bits per heavy atom. The van der Waals surface area contributed by atoms with E-state index in [-0.39, 0.29) is 0 Å². The van der Waals surface area contributed by atoms with Crippen LogP contribution in [-0.4, -0.2) is 5.11 Å². The second-order valence-corrected chi connectivity index (χ2v) is 8.50. The van der Waals surface area contributed by atoms with Crippen molar-refractivity contribution in [1.29, 1.82) is 0 Å². The Bertz CT molecular complexity index is 674. The van der Waals surface area contributed by atoms with Gasteiger partial charge in [0.15, 0.2) is 0 Å². The number of phenols is 1. The van der Waals surface area contributed by atoms with Gasteiger partial charge in [0.1, 0.15) is 5.75 Å². The van der Waals surface area contributed by atoms with E-state index in [1.165, 1.54) is 88.2 Å². The normalized spacial score (nSPS) is 11.1. The summed E-state index contributed by atoms with van der Waals surface area (Å²) in [5, 5.41) is 10.7. The van der Waals surface area contributed by atoms with E-state index in [4.69, 9.17) is 0 Å². The van der Waals surface area contributed by atoms with Gasteiger partial charge in [-0.05, 0) is 48.4 Å². The standard InChI is InChI=1S/C28H42O/c1-3-5-7-9-10-11-12-17-21-26-24(18-14-8-6-4-2)22-23-27(29)28(26)25-19-15-13-16-20-25/h13,15-16,19-20,22-23,29H,3-12,14,17-18,21H2,1-2H3. The average molecular weight is 395 g/mol. The van der Waals surface area contributed by atoms with E-state index in [0.717, 1.165) is 24.0 Å². The van der Waals surface area contributed by atoms with Crippen LogP contribution in [-0.2, 0) is 12.8 Å². The molecule has 0 saturated heterocycles. The molecule has 29 heavy (non-hydrogen) atoms. The molecule has 0 amide bonds. The number of rotatable bonds is 15. The van der Waals surface area contributed by atoms with Crippen molar-refractivity contribution in [2.45, 2.75) is 104 Å². The lowest BCUT2D eigenvalue weighted by Gasteiger charge is -2.17. The zero-order chi connectivity index (χ0) is 20.7. The van der Waals surface area contributed by atoms with E-state index in [9.17, 15) is 5.11 Å². The van der Waals surface area contributed by atoms with Gasteiger partial charge in [-0.1, -0.05) is 114 Å². The van der Waals surface area contributed by atoms with Crippen molar-refractivity contribution in [3.8, 4) is 16.9 Å². The van der Waals surface area contributed by atoms with Crippen LogP contribution in [0, 0.1) is 0 Å². The maximum absolute atomic E-state index is 10.7. The molecule has 0 bridgehead atoms. The molecule has 0 saturated carbocycles. The molecule has 1 nitrogen and oxygen atoms in total. The lowest BCUT2D eigenvalue weighted by Crippen LogP contribution is -2.00. The van der Waals surface area contributed by atoms with Crippen molar-refractivity contribution in [2.75, 3.05) is 0 Å². The highest BCUT2D eigenvalue weighted by atomic mass is 16.3. The summed E-state index contributed by atoms with van der Waals surface area (Å²) in [6, 6.07) is 14.5. The van der Waals surface area contributed by atoms with Gasteiger partial charge in [-0.25, -0.2) is 0 Å². The monoisotopic (exact) mass is 394 g/mol. The largest absolute Gasteiger partial charge is 0.507 e. The molecule has 0 unspecified atom stereocenters. The molecule has 0 aliphatic heterocycles. The molecular weight excluding hydrogens is 352 g/mol. The average Bonchev–Trinajstić information content (AvgIpc) is 2.75. The maximum Gasteiger partial charge on any atom is 0.123 e. The first kappa shape index (κ1) is 23.5. The first-order valence-corrected chi connectivity index (χ1v) is 12.2. The minimum atomic E-state index is 0.433. The summed E-state index contributed by atoms with van der Waals surface area (Å²) in [6.07, 6.45) is 18.1. The molecule has 0 aromatic heterocycles. The number of aromatic hydroxyl groups is 1. The van der Waals surface area contributed by atoms with Crippen LogP contribution in [0.4, 0.5) is 0 Å². The third kappa shape index (κ3) is 8.25. The molecule has 0 fully saturated rings. The Kier molecular flexibility index (Phi) is 11.6. The molecule has 160 valence electrons. The second kappa shape index (κ2) is 14.3. The van der Waals surface area contributed by atoms with Crippen molar-refractivity contribution in [2.24, 2.45) is 0 Å². The summed E-state index contributed by atoms with van der Waals surface area (Å²) in [4.78, 5) is 0. The molecule has 2 aromatic carbocycles. The minimum absolute atomic E-state index is 0.433. The zero-order valence-corrected chi connectivity index (χ0v) is 18.9. The van der Waals surface area contributed by atoms with Crippen LogP contribution < -0.4 is 0 Å². The van der Waals surface area contributed by atoms with Crippen molar-refractivity contribution in [3.63, 3.8) is 0 Å². The fourth-order valence-corrected chi connectivity index (χ4v) is 4.30. The van der Waals surface area contributed by atoms with Gasteiger partial charge in [-0.3, -0.25) is 0 Å². The predicted molar refractivity (Wildman–Crippen MR) is 128 cm³/mol. The van der Waals surface area contributed by atoms with Crippen LogP contribution in [0.2, 0.25) is 0 Å². The number of benzene rings is 2. The summed E-state index contributed by atoms with van der Waals surface area (Å²) in [7, 11) is 0. The van der Waals surface area contributed by atoms with E-state index in [1.54, 1.807) is 0 Å². The van der Waals surface area contributed by atoms with E-state index in [0.29, 0.717) is 5.75 Å². The highest BCUT2D eigenvalue weighted by Gasteiger charge is 2.14. The maximum atomic E-state index is 10.7. The number of unbranched alkanes of at least 4 members (excludes halogenated alkanes) is 10. The van der Waals surface area contributed by atoms with Gasteiger partial charge in [0.05, 0.1) is 0 Å². The Morgan fingerprint density at radius 2 is 1.14 bits per heavy atom. The SMILES string of the molecule is CCCCCCCCCCc1c(CCCCCC)ccc(O)c1-c1ccccc1. The summed E-state index contributed by atoms with van der Waals surface area (Å²) in [6.45, 7) is 4.54. The Labute approximate surface area is 179 Å².